The smallest absolute Gasteiger partial charge is 0.323 e. The van der Waals surface area contributed by atoms with E-state index in [4.69, 9.17) is 5.73 Å². The van der Waals surface area contributed by atoms with Gasteiger partial charge in [-0.25, -0.2) is 0 Å². The lowest BCUT2D eigenvalue weighted by Crippen LogP contribution is -2.34. The van der Waals surface area contributed by atoms with Crippen molar-refractivity contribution in [2.24, 2.45) is 5.73 Å². The highest BCUT2D eigenvalue weighted by atomic mass is 32.2. The van der Waals surface area contributed by atoms with E-state index in [0.29, 0.717) is 12.2 Å². The third kappa shape index (κ3) is 7.17. The van der Waals surface area contributed by atoms with Gasteiger partial charge in [0.25, 0.3) is 0 Å². The summed E-state index contributed by atoms with van der Waals surface area (Å²) >= 11 is 1.55. The maximum absolute atomic E-state index is 10.9. The number of hydrogen-bond acceptors (Lipinski definition) is 5. The fourth-order valence-corrected chi connectivity index (χ4v) is 1.95. The zero-order valence-electron chi connectivity index (χ0n) is 8.95. The van der Waals surface area contributed by atoms with E-state index in [1.54, 1.807) is 25.6 Å². The number of rotatable bonds is 6. The summed E-state index contributed by atoms with van der Waals surface area (Å²) in [7, 11) is 1.32. The van der Waals surface area contributed by atoms with Crippen molar-refractivity contribution in [3.63, 3.8) is 0 Å². The number of esters is 1. The SMILES string of the molecule is COC(=O)C(N)CSCCC(C)(C)O. The number of hydrogen-bond donors (Lipinski definition) is 2. The van der Waals surface area contributed by atoms with Gasteiger partial charge in [-0.15, -0.1) is 0 Å². The molecule has 0 radical (unpaired) electrons. The predicted molar refractivity (Wildman–Crippen MR) is 58.2 cm³/mol. The molecule has 3 N–H and O–H groups in total. The van der Waals surface area contributed by atoms with Gasteiger partial charge in [0.1, 0.15) is 6.04 Å². The first-order valence-corrected chi connectivity index (χ1v) is 5.66. The molecule has 1 unspecified atom stereocenters. The minimum atomic E-state index is -0.650. The Morgan fingerprint density at radius 2 is 2.21 bits per heavy atom. The first kappa shape index (κ1) is 13.7. The summed E-state index contributed by atoms with van der Waals surface area (Å²) in [5.41, 5.74) is 4.87. The van der Waals surface area contributed by atoms with Crippen LogP contribution < -0.4 is 5.73 Å². The first-order valence-electron chi connectivity index (χ1n) is 4.50. The molecule has 0 bridgehead atoms. The summed E-state index contributed by atoms with van der Waals surface area (Å²) in [5, 5.41) is 9.40. The molecule has 0 rings (SSSR count). The number of thioether (sulfide) groups is 1. The average molecular weight is 221 g/mol. The topological polar surface area (TPSA) is 72.5 Å². The summed E-state index contributed by atoms with van der Waals surface area (Å²) in [5.74, 6) is 0.928. The summed E-state index contributed by atoms with van der Waals surface area (Å²) in [6.45, 7) is 3.52. The van der Waals surface area contributed by atoms with Crippen LogP contribution in [0.15, 0.2) is 0 Å². The monoisotopic (exact) mass is 221 g/mol. The molecule has 0 aromatic carbocycles. The minimum absolute atomic E-state index is 0.388. The average Bonchev–Trinajstić information content (AvgIpc) is 2.09. The molecule has 0 aliphatic heterocycles. The quantitative estimate of drug-likeness (QED) is 0.501. The van der Waals surface area contributed by atoms with Crippen LogP contribution in [-0.4, -0.2) is 41.3 Å². The van der Waals surface area contributed by atoms with Crippen LogP contribution in [0, 0.1) is 0 Å². The van der Waals surface area contributed by atoms with Gasteiger partial charge in [-0.2, -0.15) is 11.8 Å². The predicted octanol–water partition coefficient (Wildman–Crippen LogP) is 0.381. The van der Waals surface area contributed by atoms with Gasteiger partial charge in [0.15, 0.2) is 0 Å². The zero-order valence-corrected chi connectivity index (χ0v) is 9.76. The molecular formula is C9H19NO3S. The van der Waals surface area contributed by atoms with Crippen molar-refractivity contribution in [2.45, 2.75) is 31.9 Å². The van der Waals surface area contributed by atoms with E-state index >= 15 is 0 Å². The van der Waals surface area contributed by atoms with Crippen LogP contribution >= 0.6 is 11.8 Å². The molecular weight excluding hydrogens is 202 g/mol. The molecule has 84 valence electrons. The Bertz CT molecular complexity index is 179. The van der Waals surface area contributed by atoms with Crippen LogP contribution in [0.5, 0.6) is 0 Å². The lowest BCUT2D eigenvalue weighted by molar-refractivity contribution is -0.141. The van der Waals surface area contributed by atoms with Gasteiger partial charge < -0.3 is 15.6 Å². The van der Waals surface area contributed by atoms with Crippen molar-refractivity contribution in [3.05, 3.63) is 0 Å². The number of ether oxygens (including phenoxy) is 1. The molecule has 0 saturated heterocycles. The summed E-state index contributed by atoms with van der Waals surface area (Å²) in [6.07, 6.45) is 0.686. The number of carbonyl (C=O) groups excluding carboxylic acids is 1. The number of aliphatic hydroxyl groups is 1. The molecule has 14 heavy (non-hydrogen) atoms. The third-order valence-electron chi connectivity index (χ3n) is 1.66. The molecule has 0 aromatic rings. The molecule has 0 saturated carbocycles. The number of carbonyl (C=O) groups is 1. The van der Waals surface area contributed by atoms with Crippen LogP contribution in [0.4, 0.5) is 0 Å². The lowest BCUT2D eigenvalue weighted by Gasteiger charge is -2.16. The molecule has 1 atom stereocenters. The first-order chi connectivity index (χ1) is 6.37. The summed E-state index contributed by atoms with van der Waals surface area (Å²) in [4.78, 5) is 10.9. The van der Waals surface area contributed by atoms with Crippen molar-refractivity contribution in [1.29, 1.82) is 0 Å². The Balaban J connectivity index is 3.50. The maximum atomic E-state index is 10.9. The number of methoxy groups -OCH3 is 1. The zero-order chi connectivity index (χ0) is 11.2. The highest BCUT2D eigenvalue weighted by Crippen LogP contribution is 2.13. The van der Waals surface area contributed by atoms with Crippen LogP contribution in [0.1, 0.15) is 20.3 Å². The van der Waals surface area contributed by atoms with E-state index in [-0.39, 0.29) is 5.97 Å². The molecule has 0 fully saturated rings. The molecule has 0 spiro atoms. The Labute approximate surface area is 89.2 Å². The largest absolute Gasteiger partial charge is 0.468 e. The van der Waals surface area contributed by atoms with Crippen molar-refractivity contribution < 1.29 is 14.6 Å². The second-order valence-corrected chi connectivity index (χ2v) is 4.92. The molecule has 0 aliphatic carbocycles. The van der Waals surface area contributed by atoms with Crippen molar-refractivity contribution in [3.8, 4) is 0 Å². The molecule has 0 heterocycles. The van der Waals surface area contributed by atoms with Crippen molar-refractivity contribution in [2.75, 3.05) is 18.6 Å². The van der Waals surface area contributed by atoms with Crippen LogP contribution in [0.3, 0.4) is 0 Å². The van der Waals surface area contributed by atoms with Gasteiger partial charge in [-0.05, 0) is 26.0 Å². The van der Waals surface area contributed by atoms with Crippen LogP contribution in [0.25, 0.3) is 0 Å². The van der Waals surface area contributed by atoms with Crippen LogP contribution in [-0.2, 0) is 9.53 Å². The van der Waals surface area contributed by atoms with Gasteiger partial charge in [0.2, 0.25) is 0 Å². The second-order valence-electron chi connectivity index (χ2n) is 3.77. The molecule has 5 heteroatoms. The normalized spacial score (nSPS) is 13.8. The van der Waals surface area contributed by atoms with Gasteiger partial charge in [-0.1, -0.05) is 0 Å². The summed E-state index contributed by atoms with van der Waals surface area (Å²) < 4.78 is 4.48. The van der Waals surface area contributed by atoms with Gasteiger partial charge in [0, 0.05) is 5.75 Å². The van der Waals surface area contributed by atoms with E-state index in [2.05, 4.69) is 4.74 Å². The maximum Gasteiger partial charge on any atom is 0.323 e. The molecule has 4 nitrogen and oxygen atoms in total. The lowest BCUT2D eigenvalue weighted by atomic mass is 10.1. The van der Waals surface area contributed by atoms with Crippen molar-refractivity contribution in [1.82, 2.24) is 0 Å². The second kappa shape index (κ2) is 6.27. The van der Waals surface area contributed by atoms with Gasteiger partial charge >= 0.3 is 5.97 Å². The van der Waals surface area contributed by atoms with E-state index in [9.17, 15) is 9.90 Å². The van der Waals surface area contributed by atoms with E-state index in [1.165, 1.54) is 7.11 Å². The van der Waals surface area contributed by atoms with Crippen molar-refractivity contribution >= 4 is 17.7 Å². The highest BCUT2D eigenvalue weighted by Gasteiger charge is 2.15. The van der Waals surface area contributed by atoms with E-state index < -0.39 is 11.6 Å². The van der Waals surface area contributed by atoms with Gasteiger partial charge in [0.05, 0.1) is 12.7 Å². The Morgan fingerprint density at radius 3 is 2.64 bits per heavy atom. The van der Waals surface area contributed by atoms with Gasteiger partial charge in [-0.3, -0.25) is 4.79 Å². The van der Waals surface area contributed by atoms with E-state index in [0.717, 1.165) is 5.75 Å². The molecule has 0 aliphatic rings. The van der Waals surface area contributed by atoms with E-state index in [1.807, 2.05) is 0 Å². The fourth-order valence-electron chi connectivity index (χ4n) is 0.752. The Kier molecular flexibility index (Phi) is 6.15. The fraction of sp³-hybridized carbons (Fsp3) is 0.889. The Hall–Kier alpha value is -0.260. The molecule has 0 amide bonds. The third-order valence-corrected chi connectivity index (χ3v) is 2.75. The molecule has 0 aromatic heterocycles. The Morgan fingerprint density at radius 1 is 1.64 bits per heavy atom. The highest BCUT2D eigenvalue weighted by molar-refractivity contribution is 7.99. The minimum Gasteiger partial charge on any atom is -0.468 e. The summed E-state index contributed by atoms with van der Waals surface area (Å²) in [6, 6.07) is -0.563. The van der Waals surface area contributed by atoms with Crippen LogP contribution in [0.2, 0.25) is 0 Å². The standard InChI is InChI=1S/C9H19NO3S/c1-9(2,12)4-5-14-6-7(10)8(11)13-3/h7,12H,4-6,10H2,1-3H3. The number of nitrogens with two attached hydrogens (primary N) is 1.